The van der Waals surface area contributed by atoms with Gasteiger partial charge in [0.25, 0.3) is 0 Å². The number of hydrogen-bond acceptors (Lipinski definition) is 4. The summed E-state index contributed by atoms with van der Waals surface area (Å²) in [5.41, 5.74) is 0. The predicted molar refractivity (Wildman–Crippen MR) is 64.3 cm³/mol. The molecule has 5 nitrogen and oxygen atoms in total. The van der Waals surface area contributed by atoms with E-state index in [0.29, 0.717) is 6.42 Å². The molecule has 94 valence electrons. The standard InChI is InChI=1S/C12H20N4O/c13-4-2-6-15-7-9-16(10-8-15)12(17)11-3-1-5-14-11/h11,14H,1-3,5-10H2/t11-/m1/s1. The topological polar surface area (TPSA) is 59.4 Å². The molecule has 17 heavy (non-hydrogen) atoms. The molecule has 1 N–H and O–H groups in total. The van der Waals surface area contributed by atoms with Gasteiger partial charge in [0, 0.05) is 39.1 Å². The number of nitriles is 1. The van der Waals surface area contributed by atoms with E-state index >= 15 is 0 Å². The zero-order valence-corrected chi connectivity index (χ0v) is 10.2. The van der Waals surface area contributed by atoms with Gasteiger partial charge in [0.2, 0.25) is 5.91 Å². The van der Waals surface area contributed by atoms with Crippen molar-refractivity contribution < 1.29 is 4.79 Å². The molecule has 2 aliphatic heterocycles. The van der Waals surface area contributed by atoms with Gasteiger partial charge in [-0.1, -0.05) is 0 Å². The number of carbonyl (C=O) groups excluding carboxylic acids is 1. The molecular formula is C12H20N4O. The van der Waals surface area contributed by atoms with Crippen LogP contribution < -0.4 is 5.32 Å². The van der Waals surface area contributed by atoms with Crippen LogP contribution in [0.1, 0.15) is 19.3 Å². The molecule has 2 fully saturated rings. The second-order valence-electron chi connectivity index (χ2n) is 4.72. The SMILES string of the molecule is N#CCCN1CCN(C(=O)[C@H]2CCCN2)CC1. The van der Waals surface area contributed by atoms with E-state index in [1.807, 2.05) is 4.90 Å². The van der Waals surface area contributed by atoms with E-state index in [-0.39, 0.29) is 11.9 Å². The van der Waals surface area contributed by atoms with Crippen LogP contribution in [0.2, 0.25) is 0 Å². The van der Waals surface area contributed by atoms with E-state index in [0.717, 1.165) is 52.1 Å². The van der Waals surface area contributed by atoms with Crippen molar-refractivity contribution in [1.29, 1.82) is 5.26 Å². The summed E-state index contributed by atoms with van der Waals surface area (Å²) in [6.45, 7) is 5.23. The van der Waals surface area contributed by atoms with E-state index in [1.165, 1.54) is 0 Å². The molecule has 1 amide bonds. The van der Waals surface area contributed by atoms with E-state index in [4.69, 9.17) is 5.26 Å². The Labute approximate surface area is 102 Å². The van der Waals surface area contributed by atoms with Crippen molar-refractivity contribution in [3.8, 4) is 6.07 Å². The van der Waals surface area contributed by atoms with E-state index in [2.05, 4.69) is 16.3 Å². The lowest BCUT2D eigenvalue weighted by Gasteiger charge is -2.35. The highest BCUT2D eigenvalue weighted by molar-refractivity contribution is 5.82. The first-order valence-corrected chi connectivity index (χ1v) is 6.43. The van der Waals surface area contributed by atoms with Crippen LogP contribution in [0.25, 0.3) is 0 Å². The monoisotopic (exact) mass is 236 g/mol. The second kappa shape index (κ2) is 5.99. The number of hydrogen-bond donors (Lipinski definition) is 1. The fourth-order valence-corrected chi connectivity index (χ4v) is 2.52. The number of nitrogens with one attached hydrogen (secondary N) is 1. The molecule has 0 spiro atoms. The first-order valence-electron chi connectivity index (χ1n) is 6.43. The van der Waals surface area contributed by atoms with Crippen molar-refractivity contribution >= 4 is 5.91 Å². The number of carbonyl (C=O) groups is 1. The molecule has 2 heterocycles. The van der Waals surface area contributed by atoms with Gasteiger partial charge >= 0.3 is 0 Å². The first kappa shape index (κ1) is 12.3. The van der Waals surface area contributed by atoms with Gasteiger partial charge in [0.15, 0.2) is 0 Å². The Bertz CT molecular complexity index is 298. The summed E-state index contributed by atoms with van der Waals surface area (Å²) in [5.74, 6) is 0.266. The molecule has 0 unspecified atom stereocenters. The predicted octanol–water partition coefficient (Wildman–Crippen LogP) is -0.204. The molecule has 2 saturated heterocycles. The average molecular weight is 236 g/mol. The Kier molecular flexibility index (Phi) is 4.35. The Hall–Kier alpha value is -1.12. The Morgan fingerprint density at radius 1 is 1.35 bits per heavy atom. The number of piperazine rings is 1. The smallest absolute Gasteiger partial charge is 0.239 e. The van der Waals surface area contributed by atoms with E-state index in [1.54, 1.807) is 0 Å². The molecule has 2 aliphatic rings. The van der Waals surface area contributed by atoms with Crippen molar-refractivity contribution in [2.75, 3.05) is 39.3 Å². The molecule has 2 rings (SSSR count). The Morgan fingerprint density at radius 2 is 2.12 bits per heavy atom. The van der Waals surface area contributed by atoms with Crippen LogP contribution in [0, 0.1) is 11.3 Å². The van der Waals surface area contributed by atoms with Crippen molar-refractivity contribution in [3.05, 3.63) is 0 Å². The minimum atomic E-state index is 0.0562. The maximum atomic E-state index is 12.1. The summed E-state index contributed by atoms with van der Waals surface area (Å²) in [7, 11) is 0. The highest BCUT2D eigenvalue weighted by Crippen LogP contribution is 2.11. The van der Waals surface area contributed by atoms with Crippen LogP contribution >= 0.6 is 0 Å². The molecule has 0 aliphatic carbocycles. The average Bonchev–Trinajstić information content (AvgIpc) is 2.90. The highest BCUT2D eigenvalue weighted by Gasteiger charge is 2.28. The maximum absolute atomic E-state index is 12.1. The van der Waals surface area contributed by atoms with E-state index in [9.17, 15) is 4.79 Å². The second-order valence-corrected chi connectivity index (χ2v) is 4.72. The first-order chi connectivity index (χ1) is 8.31. The molecule has 0 saturated carbocycles. The minimum Gasteiger partial charge on any atom is -0.339 e. The number of rotatable bonds is 3. The summed E-state index contributed by atoms with van der Waals surface area (Å²) in [6.07, 6.45) is 2.67. The van der Waals surface area contributed by atoms with Crippen LogP contribution in [0.15, 0.2) is 0 Å². The zero-order valence-electron chi connectivity index (χ0n) is 10.2. The lowest BCUT2D eigenvalue weighted by molar-refractivity contribution is -0.134. The third-order valence-corrected chi connectivity index (χ3v) is 3.58. The molecule has 0 aromatic carbocycles. The van der Waals surface area contributed by atoms with E-state index < -0.39 is 0 Å². The molecular weight excluding hydrogens is 216 g/mol. The Balaban J connectivity index is 1.74. The normalized spacial score (nSPS) is 25.8. The lowest BCUT2D eigenvalue weighted by atomic mass is 10.2. The Morgan fingerprint density at radius 3 is 2.71 bits per heavy atom. The van der Waals surface area contributed by atoms with Crippen LogP contribution in [0.3, 0.4) is 0 Å². The highest BCUT2D eigenvalue weighted by atomic mass is 16.2. The van der Waals surface area contributed by atoms with Crippen LogP contribution in [-0.4, -0.2) is 61.0 Å². The fraction of sp³-hybridized carbons (Fsp3) is 0.833. The molecule has 5 heteroatoms. The van der Waals surface area contributed by atoms with Gasteiger partial charge in [-0.2, -0.15) is 5.26 Å². The van der Waals surface area contributed by atoms with Crippen molar-refractivity contribution in [1.82, 2.24) is 15.1 Å². The van der Waals surface area contributed by atoms with Crippen LogP contribution in [-0.2, 0) is 4.79 Å². The molecule has 0 bridgehead atoms. The van der Waals surface area contributed by atoms with Crippen molar-refractivity contribution in [2.45, 2.75) is 25.3 Å². The fourth-order valence-electron chi connectivity index (χ4n) is 2.52. The summed E-state index contributed by atoms with van der Waals surface area (Å²) in [5, 5.41) is 11.8. The quantitative estimate of drug-likeness (QED) is 0.737. The molecule has 0 aromatic rings. The van der Waals surface area contributed by atoms with Crippen LogP contribution in [0.5, 0.6) is 0 Å². The third-order valence-electron chi connectivity index (χ3n) is 3.58. The van der Waals surface area contributed by atoms with Crippen molar-refractivity contribution in [3.63, 3.8) is 0 Å². The zero-order chi connectivity index (χ0) is 12.1. The largest absolute Gasteiger partial charge is 0.339 e. The molecule has 0 radical (unpaired) electrons. The van der Waals surface area contributed by atoms with Gasteiger partial charge in [-0.15, -0.1) is 0 Å². The maximum Gasteiger partial charge on any atom is 0.239 e. The van der Waals surface area contributed by atoms with Gasteiger partial charge in [-0.3, -0.25) is 9.69 Å². The summed E-state index contributed by atoms with van der Waals surface area (Å²) in [4.78, 5) is 16.3. The summed E-state index contributed by atoms with van der Waals surface area (Å²) < 4.78 is 0. The van der Waals surface area contributed by atoms with Gasteiger partial charge in [0.1, 0.15) is 0 Å². The number of amides is 1. The van der Waals surface area contributed by atoms with Crippen molar-refractivity contribution in [2.24, 2.45) is 0 Å². The summed E-state index contributed by atoms with van der Waals surface area (Å²) >= 11 is 0. The molecule has 1 atom stereocenters. The van der Waals surface area contributed by atoms with Gasteiger partial charge < -0.3 is 10.2 Å². The van der Waals surface area contributed by atoms with Gasteiger partial charge in [-0.05, 0) is 19.4 Å². The molecule has 0 aromatic heterocycles. The number of nitrogens with zero attached hydrogens (tertiary/aromatic N) is 3. The summed E-state index contributed by atoms with van der Waals surface area (Å²) in [6, 6.07) is 2.22. The third kappa shape index (κ3) is 3.18. The lowest BCUT2D eigenvalue weighted by Crippen LogP contribution is -2.53. The minimum absolute atomic E-state index is 0.0562. The van der Waals surface area contributed by atoms with Gasteiger partial charge in [0.05, 0.1) is 12.1 Å². The van der Waals surface area contributed by atoms with Crippen LogP contribution in [0.4, 0.5) is 0 Å². The van der Waals surface area contributed by atoms with Gasteiger partial charge in [-0.25, -0.2) is 0 Å².